The molecule has 0 saturated heterocycles. The van der Waals surface area contributed by atoms with E-state index in [2.05, 4.69) is 6.92 Å². The number of carbonyl (C=O) groups excluding carboxylic acids is 1. The van der Waals surface area contributed by atoms with Gasteiger partial charge in [-0.25, -0.2) is 0 Å². The Labute approximate surface area is 93.0 Å². The highest BCUT2D eigenvalue weighted by Gasteiger charge is 2.33. The molecule has 1 saturated carbocycles. The molecular weight excluding hydrogens is 188 g/mol. The van der Waals surface area contributed by atoms with E-state index in [1.165, 1.54) is 6.42 Å². The van der Waals surface area contributed by atoms with Crippen LogP contribution in [-0.2, 0) is 4.79 Å². The summed E-state index contributed by atoms with van der Waals surface area (Å²) in [6, 6.07) is 0.214. The van der Waals surface area contributed by atoms with Crippen LogP contribution in [0.5, 0.6) is 0 Å². The number of hydrogen-bond acceptors (Lipinski definition) is 2. The standard InChI is InChI=1S/C12H24N2O/c1-9-7-11(9)8-14(3)12(15)6-4-5-10(2)13/h9-11H,4-8,13H2,1-3H3. The quantitative estimate of drug-likeness (QED) is 0.727. The monoisotopic (exact) mass is 212 g/mol. The van der Waals surface area contributed by atoms with Crippen molar-refractivity contribution in [2.75, 3.05) is 13.6 Å². The maximum atomic E-state index is 11.7. The van der Waals surface area contributed by atoms with Crippen LogP contribution in [0.2, 0.25) is 0 Å². The van der Waals surface area contributed by atoms with E-state index in [1.807, 2.05) is 18.9 Å². The SMILES string of the molecule is CC(N)CCCC(=O)N(C)CC1CC1C. The minimum Gasteiger partial charge on any atom is -0.345 e. The van der Waals surface area contributed by atoms with Gasteiger partial charge in [-0.2, -0.15) is 0 Å². The van der Waals surface area contributed by atoms with Gasteiger partial charge >= 0.3 is 0 Å². The van der Waals surface area contributed by atoms with Gasteiger partial charge in [0.15, 0.2) is 0 Å². The third kappa shape index (κ3) is 4.65. The number of nitrogens with zero attached hydrogens (tertiary/aromatic N) is 1. The zero-order chi connectivity index (χ0) is 11.4. The first-order valence-corrected chi connectivity index (χ1v) is 6.00. The lowest BCUT2D eigenvalue weighted by atomic mass is 10.1. The lowest BCUT2D eigenvalue weighted by molar-refractivity contribution is -0.130. The Bertz CT molecular complexity index is 216. The predicted octanol–water partition coefficient (Wildman–Crippen LogP) is 1.62. The molecule has 1 aliphatic carbocycles. The Kier molecular flexibility index (Phi) is 4.58. The van der Waals surface area contributed by atoms with Gasteiger partial charge in [-0.15, -0.1) is 0 Å². The minimum atomic E-state index is 0.214. The van der Waals surface area contributed by atoms with E-state index in [9.17, 15) is 4.79 Å². The summed E-state index contributed by atoms with van der Waals surface area (Å²) in [6.45, 7) is 5.18. The number of rotatable bonds is 6. The molecule has 2 N–H and O–H groups in total. The van der Waals surface area contributed by atoms with Crippen LogP contribution in [0, 0.1) is 11.8 Å². The van der Waals surface area contributed by atoms with Crippen molar-refractivity contribution in [1.29, 1.82) is 0 Å². The highest BCUT2D eigenvalue weighted by molar-refractivity contribution is 5.75. The number of nitrogens with two attached hydrogens (primary N) is 1. The first-order chi connectivity index (χ1) is 7.00. The maximum Gasteiger partial charge on any atom is 0.222 e. The topological polar surface area (TPSA) is 46.3 Å². The summed E-state index contributed by atoms with van der Waals surface area (Å²) in [7, 11) is 1.92. The maximum absolute atomic E-state index is 11.7. The summed E-state index contributed by atoms with van der Waals surface area (Å²) in [4.78, 5) is 13.6. The van der Waals surface area contributed by atoms with Gasteiger partial charge in [0.1, 0.15) is 0 Å². The molecule has 1 amide bonds. The minimum absolute atomic E-state index is 0.214. The van der Waals surface area contributed by atoms with Crippen LogP contribution in [-0.4, -0.2) is 30.4 Å². The van der Waals surface area contributed by atoms with Crippen molar-refractivity contribution < 1.29 is 4.79 Å². The molecule has 0 radical (unpaired) electrons. The zero-order valence-electron chi connectivity index (χ0n) is 10.2. The molecule has 15 heavy (non-hydrogen) atoms. The van der Waals surface area contributed by atoms with E-state index in [0.29, 0.717) is 6.42 Å². The van der Waals surface area contributed by atoms with Gasteiger partial charge in [0.2, 0.25) is 5.91 Å². The molecule has 0 aliphatic heterocycles. The summed E-state index contributed by atoms with van der Waals surface area (Å²) in [6.07, 6.45) is 3.80. The van der Waals surface area contributed by atoms with Crippen LogP contribution in [0.4, 0.5) is 0 Å². The molecule has 0 spiro atoms. The van der Waals surface area contributed by atoms with Crippen molar-refractivity contribution in [1.82, 2.24) is 4.90 Å². The molecule has 0 aromatic heterocycles. The van der Waals surface area contributed by atoms with E-state index in [1.54, 1.807) is 0 Å². The van der Waals surface area contributed by atoms with Crippen LogP contribution >= 0.6 is 0 Å². The molecule has 0 heterocycles. The average Bonchev–Trinajstić information content (AvgIpc) is 2.80. The molecular formula is C12H24N2O. The Morgan fingerprint density at radius 2 is 2.20 bits per heavy atom. The molecule has 88 valence electrons. The zero-order valence-corrected chi connectivity index (χ0v) is 10.2. The molecule has 1 aliphatic rings. The number of hydrogen-bond donors (Lipinski definition) is 1. The molecule has 3 heteroatoms. The predicted molar refractivity (Wildman–Crippen MR) is 62.4 cm³/mol. The second-order valence-electron chi connectivity index (χ2n) is 5.12. The third-order valence-electron chi connectivity index (χ3n) is 3.26. The summed E-state index contributed by atoms with van der Waals surface area (Å²) in [5.74, 6) is 1.85. The molecule has 0 aromatic rings. The van der Waals surface area contributed by atoms with Gasteiger partial charge < -0.3 is 10.6 Å². The fourth-order valence-corrected chi connectivity index (χ4v) is 1.87. The lowest BCUT2D eigenvalue weighted by Crippen LogP contribution is -2.29. The van der Waals surface area contributed by atoms with Crippen LogP contribution in [0.15, 0.2) is 0 Å². The normalized spacial score (nSPS) is 26.1. The Balaban J connectivity index is 2.10. The van der Waals surface area contributed by atoms with Crippen LogP contribution in [0.25, 0.3) is 0 Å². The van der Waals surface area contributed by atoms with Crippen LogP contribution in [0.3, 0.4) is 0 Å². The first-order valence-electron chi connectivity index (χ1n) is 6.00. The first kappa shape index (κ1) is 12.5. The highest BCUT2D eigenvalue weighted by Crippen LogP contribution is 2.37. The Morgan fingerprint density at radius 3 is 2.67 bits per heavy atom. The Hall–Kier alpha value is -0.570. The molecule has 0 bridgehead atoms. The van der Waals surface area contributed by atoms with Gasteiger partial charge in [0.25, 0.3) is 0 Å². The van der Waals surface area contributed by atoms with Gasteiger partial charge in [-0.3, -0.25) is 4.79 Å². The van der Waals surface area contributed by atoms with Crippen molar-refractivity contribution in [3.63, 3.8) is 0 Å². The average molecular weight is 212 g/mol. The van der Waals surface area contributed by atoms with E-state index < -0.39 is 0 Å². The fourth-order valence-electron chi connectivity index (χ4n) is 1.87. The number of amides is 1. The van der Waals surface area contributed by atoms with Crippen molar-refractivity contribution >= 4 is 5.91 Å². The van der Waals surface area contributed by atoms with E-state index in [4.69, 9.17) is 5.73 Å². The second kappa shape index (κ2) is 5.50. The van der Waals surface area contributed by atoms with Gasteiger partial charge in [-0.1, -0.05) is 6.92 Å². The molecule has 1 fully saturated rings. The largest absolute Gasteiger partial charge is 0.345 e. The van der Waals surface area contributed by atoms with Crippen molar-refractivity contribution in [3.05, 3.63) is 0 Å². The van der Waals surface area contributed by atoms with Crippen LogP contribution < -0.4 is 5.73 Å². The summed E-state index contributed by atoms with van der Waals surface area (Å²) in [5, 5.41) is 0. The third-order valence-corrected chi connectivity index (χ3v) is 3.26. The summed E-state index contributed by atoms with van der Waals surface area (Å²) in [5.41, 5.74) is 5.64. The summed E-state index contributed by atoms with van der Waals surface area (Å²) >= 11 is 0. The number of carbonyl (C=O) groups is 1. The van der Waals surface area contributed by atoms with E-state index >= 15 is 0 Å². The molecule has 3 atom stereocenters. The van der Waals surface area contributed by atoms with Crippen molar-refractivity contribution in [3.8, 4) is 0 Å². The van der Waals surface area contributed by atoms with E-state index in [0.717, 1.165) is 31.2 Å². The van der Waals surface area contributed by atoms with Crippen molar-refractivity contribution in [2.24, 2.45) is 17.6 Å². The second-order valence-corrected chi connectivity index (χ2v) is 5.12. The van der Waals surface area contributed by atoms with E-state index in [-0.39, 0.29) is 11.9 Å². The smallest absolute Gasteiger partial charge is 0.222 e. The molecule has 3 nitrogen and oxygen atoms in total. The lowest BCUT2D eigenvalue weighted by Gasteiger charge is -2.17. The Morgan fingerprint density at radius 1 is 1.60 bits per heavy atom. The highest BCUT2D eigenvalue weighted by atomic mass is 16.2. The van der Waals surface area contributed by atoms with Gasteiger partial charge in [-0.05, 0) is 38.0 Å². The van der Waals surface area contributed by atoms with Crippen molar-refractivity contribution in [2.45, 2.75) is 45.6 Å². The fraction of sp³-hybridized carbons (Fsp3) is 0.917. The molecule has 0 aromatic carbocycles. The van der Waals surface area contributed by atoms with Gasteiger partial charge in [0.05, 0.1) is 0 Å². The van der Waals surface area contributed by atoms with Gasteiger partial charge in [0, 0.05) is 26.1 Å². The molecule has 3 unspecified atom stereocenters. The van der Waals surface area contributed by atoms with Crippen LogP contribution in [0.1, 0.15) is 39.5 Å². The molecule has 1 rings (SSSR count). The summed E-state index contributed by atoms with van der Waals surface area (Å²) < 4.78 is 0.